The molecule has 4 heterocycles. The van der Waals surface area contributed by atoms with Crippen LogP contribution in [0.5, 0.6) is 0 Å². The van der Waals surface area contributed by atoms with Crippen LogP contribution in [0.25, 0.3) is 77.6 Å². The standard InChI is InChI=1S/C28H19N2O.C20H18N.Ir/c1-17-10-12-24-23-8-5-9-25(27(23)31-28(24)30-17)26-16-20(14-15-29-26)22-13-11-19-6-3-4-7-21(19)18(22)2;1-14-9-10-18(20-11-15(2)16(3)13-21-20)12-19(14)17-7-5-4-6-8-17;/h3-8,10-16H,1-2H3;4-9,11-13H,1-3H3;/q2*-1;. The Morgan fingerprint density at radius 2 is 1.40 bits per heavy atom. The second-order valence-electron chi connectivity index (χ2n) is 13.4. The molecule has 0 N–H and O–H groups in total. The molecule has 4 aromatic heterocycles. The normalized spacial score (nSPS) is 11.0. The van der Waals surface area contributed by atoms with Crippen molar-refractivity contribution >= 4 is 32.8 Å². The van der Waals surface area contributed by atoms with Crippen LogP contribution in [-0.2, 0) is 20.1 Å². The summed E-state index contributed by atoms with van der Waals surface area (Å²) in [4.78, 5) is 13.7. The van der Waals surface area contributed by atoms with E-state index in [-0.39, 0.29) is 20.1 Å². The molecule has 9 aromatic rings. The minimum Gasteiger partial charge on any atom is -0.486 e. The number of fused-ring (bicyclic) bond motifs is 4. The summed E-state index contributed by atoms with van der Waals surface area (Å²) in [6, 6.07) is 48.6. The van der Waals surface area contributed by atoms with Crippen LogP contribution >= 0.6 is 0 Å². The van der Waals surface area contributed by atoms with Crippen LogP contribution < -0.4 is 0 Å². The van der Waals surface area contributed by atoms with Crippen molar-refractivity contribution in [3.05, 3.63) is 174 Å². The Kier molecular flexibility index (Phi) is 10.1. The van der Waals surface area contributed by atoms with Crippen LogP contribution in [0.3, 0.4) is 0 Å². The smallest absolute Gasteiger partial charge is 0.216 e. The second-order valence-corrected chi connectivity index (χ2v) is 13.4. The van der Waals surface area contributed by atoms with Gasteiger partial charge in [0, 0.05) is 43.6 Å². The summed E-state index contributed by atoms with van der Waals surface area (Å²) in [5.74, 6) is 0. The van der Waals surface area contributed by atoms with E-state index in [2.05, 4.69) is 152 Å². The molecule has 0 spiro atoms. The molecule has 53 heavy (non-hydrogen) atoms. The second kappa shape index (κ2) is 15.1. The van der Waals surface area contributed by atoms with E-state index in [9.17, 15) is 0 Å². The van der Waals surface area contributed by atoms with Crippen LogP contribution in [0.2, 0.25) is 0 Å². The monoisotopic (exact) mass is 864 g/mol. The number of pyridine rings is 3. The zero-order valence-electron chi connectivity index (χ0n) is 30.3. The first-order valence-electron chi connectivity index (χ1n) is 17.5. The number of furan rings is 1. The molecular formula is C48H37IrN3O-2. The molecule has 5 aromatic carbocycles. The molecule has 9 rings (SSSR count). The van der Waals surface area contributed by atoms with Gasteiger partial charge >= 0.3 is 0 Å². The molecule has 0 bridgehead atoms. The number of nitrogens with zero attached hydrogens (tertiary/aromatic N) is 3. The van der Waals surface area contributed by atoms with Crippen LogP contribution in [0.1, 0.15) is 27.9 Å². The summed E-state index contributed by atoms with van der Waals surface area (Å²) < 4.78 is 6.16. The third-order valence-corrected chi connectivity index (χ3v) is 9.85. The van der Waals surface area contributed by atoms with Crippen molar-refractivity contribution in [1.82, 2.24) is 15.0 Å². The van der Waals surface area contributed by atoms with Crippen molar-refractivity contribution in [1.29, 1.82) is 0 Å². The molecule has 0 atom stereocenters. The number of hydrogen-bond acceptors (Lipinski definition) is 4. The van der Waals surface area contributed by atoms with E-state index in [1.807, 2.05) is 43.6 Å². The van der Waals surface area contributed by atoms with Gasteiger partial charge < -0.3 is 14.4 Å². The molecule has 0 unspecified atom stereocenters. The molecule has 0 fully saturated rings. The first kappa shape index (κ1) is 35.7. The maximum absolute atomic E-state index is 6.16. The molecular weight excluding hydrogens is 827 g/mol. The quantitative estimate of drug-likeness (QED) is 0.165. The van der Waals surface area contributed by atoms with Crippen molar-refractivity contribution in [2.24, 2.45) is 0 Å². The van der Waals surface area contributed by atoms with Gasteiger partial charge in [-0.3, -0.25) is 0 Å². The Bertz CT molecular complexity index is 2750. The van der Waals surface area contributed by atoms with Crippen LogP contribution in [0.15, 0.2) is 138 Å². The molecule has 261 valence electrons. The number of aromatic nitrogens is 3. The average molecular weight is 864 g/mol. The Morgan fingerprint density at radius 3 is 2.23 bits per heavy atom. The number of hydrogen-bond donors (Lipinski definition) is 0. The molecule has 4 nitrogen and oxygen atoms in total. The molecule has 0 amide bonds. The topological polar surface area (TPSA) is 51.8 Å². The van der Waals surface area contributed by atoms with Crippen LogP contribution in [0, 0.1) is 46.8 Å². The van der Waals surface area contributed by atoms with Gasteiger partial charge in [0.05, 0.1) is 5.58 Å². The largest absolute Gasteiger partial charge is 0.486 e. The minimum absolute atomic E-state index is 0. The van der Waals surface area contributed by atoms with E-state index in [1.54, 1.807) is 0 Å². The van der Waals surface area contributed by atoms with Gasteiger partial charge in [-0.2, -0.15) is 0 Å². The van der Waals surface area contributed by atoms with Crippen molar-refractivity contribution in [3.8, 4) is 44.8 Å². The van der Waals surface area contributed by atoms with Gasteiger partial charge in [-0.25, -0.2) is 4.98 Å². The van der Waals surface area contributed by atoms with Crippen molar-refractivity contribution < 1.29 is 24.5 Å². The van der Waals surface area contributed by atoms with Gasteiger partial charge in [0.1, 0.15) is 0 Å². The van der Waals surface area contributed by atoms with Crippen LogP contribution in [-0.4, -0.2) is 15.0 Å². The van der Waals surface area contributed by atoms with Gasteiger partial charge in [-0.05, 0) is 95.9 Å². The molecule has 5 heteroatoms. The third kappa shape index (κ3) is 7.06. The molecule has 0 aliphatic rings. The summed E-state index contributed by atoms with van der Waals surface area (Å²) >= 11 is 0. The number of benzene rings is 5. The Hall–Kier alpha value is -5.74. The third-order valence-electron chi connectivity index (χ3n) is 9.85. The van der Waals surface area contributed by atoms with E-state index < -0.39 is 0 Å². The summed E-state index contributed by atoms with van der Waals surface area (Å²) in [6.07, 6.45) is 3.79. The van der Waals surface area contributed by atoms with E-state index in [4.69, 9.17) is 4.42 Å². The van der Waals surface area contributed by atoms with E-state index >= 15 is 0 Å². The Labute approximate surface area is 324 Å². The zero-order chi connectivity index (χ0) is 35.8. The van der Waals surface area contributed by atoms with Crippen LogP contribution in [0.4, 0.5) is 0 Å². The maximum Gasteiger partial charge on any atom is 0.216 e. The predicted octanol–water partition coefficient (Wildman–Crippen LogP) is 12.4. The SMILES string of the molecule is Cc1ccc2c(n1)oc1c(-c3cc(-c4ccc5ccccc5c4C)ccn3)[c-]ccc12.Cc1cnc(-c2[c-]cc(C)c(-c3ccccc3)c2)cc1C.[Ir]. The summed E-state index contributed by atoms with van der Waals surface area (Å²) in [5, 5.41) is 4.56. The van der Waals surface area contributed by atoms with E-state index in [0.29, 0.717) is 5.71 Å². The van der Waals surface area contributed by atoms with Crippen molar-refractivity contribution in [2.45, 2.75) is 34.6 Å². The summed E-state index contributed by atoms with van der Waals surface area (Å²) in [5.41, 5.74) is 15.9. The van der Waals surface area contributed by atoms with E-state index in [1.165, 1.54) is 49.7 Å². The maximum atomic E-state index is 6.16. The zero-order valence-corrected chi connectivity index (χ0v) is 32.7. The summed E-state index contributed by atoms with van der Waals surface area (Å²) in [6.45, 7) is 10.5. The first-order valence-corrected chi connectivity index (χ1v) is 17.5. The summed E-state index contributed by atoms with van der Waals surface area (Å²) in [7, 11) is 0. The number of aryl methyl sites for hydroxylation is 5. The molecule has 0 aliphatic heterocycles. The average Bonchev–Trinajstić information content (AvgIpc) is 3.55. The molecule has 1 radical (unpaired) electrons. The fourth-order valence-electron chi connectivity index (χ4n) is 6.79. The minimum atomic E-state index is 0. The molecule has 0 saturated carbocycles. The molecule has 0 aliphatic carbocycles. The fourth-order valence-corrected chi connectivity index (χ4v) is 6.79. The Morgan fingerprint density at radius 1 is 0.585 bits per heavy atom. The van der Waals surface area contributed by atoms with Gasteiger partial charge in [-0.1, -0.05) is 108 Å². The molecule has 0 saturated heterocycles. The van der Waals surface area contributed by atoms with E-state index in [0.717, 1.165) is 50.1 Å². The van der Waals surface area contributed by atoms with Gasteiger partial charge in [0.25, 0.3) is 0 Å². The number of rotatable bonds is 4. The first-order chi connectivity index (χ1) is 25.3. The Balaban J connectivity index is 0.000000174. The van der Waals surface area contributed by atoms with Gasteiger partial charge in [0.2, 0.25) is 5.71 Å². The van der Waals surface area contributed by atoms with Gasteiger partial charge in [0.15, 0.2) is 0 Å². The van der Waals surface area contributed by atoms with Gasteiger partial charge in [-0.15, -0.1) is 47.5 Å². The van der Waals surface area contributed by atoms with Crippen molar-refractivity contribution in [3.63, 3.8) is 0 Å². The predicted molar refractivity (Wildman–Crippen MR) is 214 cm³/mol. The fraction of sp³-hybridized carbons (Fsp3) is 0.104. The van der Waals surface area contributed by atoms with Crippen molar-refractivity contribution in [2.75, 3.05) is 0 Å².